The average Bonchev–Trinajstić information content (AvgIpc) is 3.32. The summed E-state index contributed by atoms with van der Waals surface area (Å²) < 4.78 is 38.5. The molecule has 1 unspecified atom stereocenters. The van der Waals surface area contributed by atoms with Gasteiger partial charge < -0.3 is 19.9 Å². The van der Waals surface area contributed by atoms with Crippen molar-refractivity contribution in [1.29, 1.82) is 0 Å². The predicted octanol–water partition coefficient (Wildman–Crippen LogP) is 4.21. The highest BCUT2D eigenvalue weighted by Crippen LogP contribution is 2.36. The Morgan fingerprint density at radius 3 is 2.11 bits per heavy atom. The van der Waals surface area contributed by atoms with Crippen LogP contribution in [0, 0.1) is 11.6 Å². The number of hydrogen-bond acceptors (Lipinski definition) is 5. The van der Waals surface area contributed by atoms with Crippen LogP contribution in [0.5, 0.6) is 11.5 Å². The van der Waals surface area contributed by atoms with Gasteiger partial charge in [0.15, 0.2) is 0 Å². The van der Waals surface area contributed by atoms with Crippen LogP contribution in [0.3, 0.4) is 0 Å². The van der Waals surface area contributed by atoms with Gasteiger partial charge in [-0.25, -0.2) is 8.78 Å². The average molecular weight is 511 g/mol. The summed E-state index contributed by atoms with van der Waals surface area (Å²) in [5.41, 5.74) is 0.632. The Labute approximate surface area is 215 Å². The molecule has 0 saturated carbocycles. The summed E-state index contributed by atoms with van der Waals surface area (Å²) in [6.45, 7) is 3.37. The number of likely N-dealkylation sites (tertiary alicyclic amines) is 1. The second-order valence-corrected chi connectivity index (χ2v) is 9.47. The first-order chi connectivity index (χ1) is 17.7. The van der Waals surface area contributed by atoms with Gasteiger partial charge in [-0.2, -0.15) is 0 Å². The molecule has 1 amide bonds. The first-order valence-electron chi connectivity index (χ1n) is 12.2. The van der Waals surface area contributed by atoms with Crippen molar-refractivity contribution in [3.05, 3.63) is 95.1 Å². The number of rotatable bonds is 9. The molecular formula is C29H32F2N2O4. The van der Waals surface area contributed by atoms with Gasteiger partial charge in [0.2, 0.25) is 5.91 Å². The molecule has 2 N–H and O–H groups in total. The zero-order valence-electron chi connectivity index (χ0n) is 21.2. The van der Waals surface area contributed by atoms with Crippen molar-refractivity contribution >= 4 is 5.91 Å². The van der Waals surface area contributed by atoms with Crippen LogP contribution in [0.4, 0.5) is 8.78 Å². The lowest BCUT2D eigenvalue weighted by Gasteiger charge is -2.33. The van der Waals surface area contributed by atoms with E-state index in [1.54, 1.807) is 57.5 Å². The van der Waals surface area contributed by atoms with Crippen LogP contribution in [0.2, 0.25) is 0 Å². The van der Waals surface area contributed by atoms with E-state index >= 15 is 0 Å². The Morgan fingerprint density at radius 2 is 1.62 bits per heavy atom. The van der Waals surface area contributed by atoms with Crippen molar-refractivity contribution in [2.24, 2.45) is 0 Å². The number of amides is 1. The fraction of sp³-hybridized carbons (Fsp3) is 0.345. The molecule has 3 aromatic rings. The molecule has 1 saturated heterocycles. The summed E-state index contributed by atoms with van der Waals surface area (Å²) in [4.78, 5) is 16.2. The van der Waals surface area contributed by atoms with Gasteiger partial charge in [-0.1, -0.05) is 24.3 Å². The maximum atomic E-state index is 14.1. The standard InChI is InChI=1S/C29H32F2N2O4/c1-29(19-4-8-21(30)9-5-19,20-6-10-22(31)11-7-20)28(35)32-26(18-33-15-14-23(34)17-33)25-13-12-24(36-2)16-27(25)37-3/h4-13,16,23,26,34H,14-15,17-18H2,1-3H3,(H,32,35)/t23?,26-/m1/s1. The maximum absolute atomic E-state index is 14.1. The summed E-state index contributed by atoms with van der Waals surface area (Å²) in [7, 11) is 3.12. The fourth-order valence-corrected chi connectivity index (χ4v) is 4.86. The van der Waals surface area contributed by atoms with Gasteiger partial charge in [-0.15, -0.1) is 0 Å². The van der Waals surface area contributed by atoms with Crippen molar-refractivity contribution in [3.63, 3.8) is 0 Å². The first kappa shape index (κ1) is 26.6. The van der Waals surface area contributed by atoms with Crippen LogP contribution in [0.15, 0.2) is 66.7 Å². The van der Waals surface area contributed by atoms with Crippen LogP contribution in [-0.2, 0) is 10.2 Å². The maximum Gasteiger partial charge on any atom is 0.235 e. The molecule has 1 aliphatic heterocycles. The zero-order chi connectivity index (χ0) is 26.6. The lowest BCUT2D eigenvalue weighted by Crippen LogP contribution is -2.47. The van der Waals surface area contributed by atoms with Gasteiger partial charge in [0, 0.05) is 31.3 Å². The van der Waals surface area contributed by atoms with Crippen LogP contribution in [0.1, 0.15) is 36.1 Å². The van der Waals surface area contributed by atoms with Crippen molar-refractivity contribution in [2.75, 3.05) is 33.9 Å². The Morgan fingerprint density at radius 1 is 1.03 bits per heavy atom. The second-order valence-electron chi connectivity index (χ2n) is 9.47. The summed E-state index contributed by atoms with van der Waals surface area (Å²) >= 11 is 0. The number of methoxy groups -OCH3 is 2. The number of nitrogens with zero attached hydrogens (tertiary/aromatic N) is 1. The molecule has 0 radical (unpaired) electrons. The van der Waals surface area contributed by atoms with Gasteiger partial charge in [-0.3, -0.25) is 9.69 Å². The Hall–Kier alpha value is -3.49. The number of aliphatic hydroxyl groups excluding tert-OH is 1. The molecule has 2 atom stereocenters. The van der Waals surface area contributed by atoms with Crippen molar-refractivity contribution in [3.8, 4) is 11.5 Å². The van der Waals surface area contributed by atoms with E-state index in [-0.39, 0.29) is 5.91 Å². The fourth-order valence-electron chi connectivity index (χ4n) is 4.86. The number of nitrogens with one attached hydrogen (secondary N) is 1. The molecule has 0 spiro atoms. The molecule has 3 aromatic carbocycles. The first-order valence-corrected chi connectivity index (χ1v) is 12.2. The summed E-state index contributed by atoms with van der Waals surface area (Å²) in [6, 6.07) is 16.4. The number of ether oxygens (including phenoxy) is 2. The van der Waals surface area contributed by atoms with Gasteiger partial charge in [0.1, 0.15) is 23.1 Å². The van der Waals surface area contributed by atoms with Crippen molar-refractivity contribution in [1.82, 2.24) is 10.2 Å². The van der Waals surface area contributed by atoms with Crippen LogP contribution < -0.4 is 14.8 Å². The van der Waals surface area contributed by atoms with Crippen LogP contribution in [0.25, 0.3) is 0 Å². The number of carbonyl (C=O) groups excluding carboxylic acids is 1. The van der Waals surface area contributed by atoms with Crippen molar-refractivity contribution in [2.45, 2.75) is 30.9 Å². The minimum atomic E-state index is -1.25. The van der Waals surface area contributed by atoms with E-state index < -0.39 is 29.2 Å². The van der Waals surface area contributed by atoms with E-state index in [0.717, 1.165) is 5.56 Å². The summed E-state index contributed by atoms with van der Waals surface area (Å²) in [5.74, 6) is -0.00849. The van der Waals surface area contributed by atoms with Gasteiger partial charge in [-0.05, 0) is 60.9 Å². The normalized spacial score (nSPS) is 16.9. The molecule has 196 valence electrons. The highest BCUT2D eigenvalue weighted by Gasteiger charge is 2.39. The largest absolute Gasteiger partial charge is 0.497 e. The van der Waals surface area contributed by atoms with E-state index in [1.807, 2.05) is 6.07 Å². The minimum Gasteiger partial charge on any atom is -0.497 e. The van der Waals surface area contributed by atoms with E-state index in [0.29, 0.717) is 48.7 Å². The van der Waals surface area contributed by atoms with E-state index in [1.165, 1.54) is 24.3 Å². The third-order valence-electron chi connectivity index (χ3n) is 7.11. The molecule has 0 aromatic heterocycles. The van der Waals surface area contributed by atoms with Crippen LogP contribution in [-0.4, -0.2) is 55.9 Å². The monoisotopic (exact) mass is 510 g/mol. The molecule has 6 nitrogen and oxygen atoms in total. The minimum absolute atomic E-state index is 0.340. The number of hydrogen-bond donors (Lipinski definition) is 2. The molecule has 37 heavy (non-hydrogen) atoms. The SMILES string of the molecule is COc1ccc([C@@H](CN2CCC(O)C2)NC(=O)C(C)(c2ccc(F)cc2)c2ccc(F)cc2)c(OC)c1. The van der Waals surface area contributed by atoms with E-state index in [4.69, 9.17) is 9.47 Å². The van der Waals surface area contributed by atoms with E-state index in [9.17, 15) is 18.7 Å². The summed E-state index contributed by atoms with van der Waals surface area (Å²) in [6.07, 6.45) is 0.237. The highest BCUT2D eigenvalue weighted by molar-refractivity contribution is 5.92. The zero-order valence-corrected chi connectivity index (χ0v) is 21.2. The topological polar surface area (TPSA) is 71.0 Å². The van der Waals surface area contributed by atoms with E-state index in [2.05, 4.69) is 10.2 Å². The number of benzene rings is 3. The lowest BCUT2D eigenvalue weighted by molar-refractivity contribution is -0.125. The lowest BCUT2D eigenvalue weighted by atomic mass is 9.75. The van der Waals surface area contributed by atoms with Crippen molar-refractivity contribution < 1.29 is 28.2 Å². The smallest absolute Gasteiger partial charge is 0.235 e. The Bertz CT molecular complexity index is 1170. The molecule has 1 aliphatic rings. The van der Waals surface area contributed by atoms with Gasteiger partial charge in [0.05, 0.1) is 31.8 Å². The highest BCUT2D eigenvalue weighted by atomic mass is 19.1. The second kappa shape index (κ2) is 11.3. The Balaban J connectivity index is 1.75. The Kier molecular flexibility index (Phi) is 8.10. The molecule has 1 fully saturated rings. The molecule has 1 heterocycles. The van der Waals surface area contributed by atoms with Crippen LogP contribution >= 0.6 is 0 Å². The number of halogens is 2. The van der Waals surface area contributed by atoms with Gasteiger partial charge >= 0.3 is 0 Å². The number of carbonyl (C=O) groups is 1. The molecular weight excluding hydrogens is 478 g/mol. The van der Waals surface area contributed by atoms with Gasteiger partial charge in [0.25, 0.3) is 0 Å². The predicted molar refractivity (Wildman–Crippen MR) is 137 cm³/mol. The number of β-amino-alcohol motifs (C(OH)–C–C–N with tert-alkyl or cyclic N) is 1. The number of aliphatic hydroxyl groups is 1. The molecule has 0 bridgehead atoms. The molecule has 8 heteroatoms. The molecule has 0 aliphatic carbocycles. The third kappa shape index (κ3) is 5.76. The summed E-state index contributed by atoms with van der Waals surface area (Å²) in [5, 5.41) is 13.3. The molecule has 4 rings (SSSR count). The third-order valence-corrected chi connectivity index (χ3v) is 7.11. The quantitative estimate of drug-likeness (QED) is 0.451.